The smallest absolute Gasteiger partial charge is 0.223 e. The van der Waals surface area contributed by atoms with Crippen molar-refractivity contribution >= 4 is 5.91 Å². The van der Waals surface area contributed by atoms with Crippen LogP contribution in [-0.4, -0.2) is 47.7 Å². The number of β-amino-alcohol motifs (C(OH)–C–C–N with tert-alkyl or cyclic N) is 1. The lowest BCUT2D eigenvalue weighted by molar-refractivity contribution is -0.127. The van der Waals surface area contributed by atoms with E-state index in [0.29, 0.717) is 12.5 Å². The summed E-state index contributed by atoms with van der Waals surface area (Å²) in [4.78, 5) is 14.5. The summed E-state index contributed by atoms with van der Waals surface area (Å²) in [6.45, 7) is 12.5. The lowest BCUT2D eigenvalue weighted by Gasteiger charge is -2.33. The van der Waals surface area contributed by atoms with E-state index in [9.17, 15) is 9.90 Å². The van der Waals surface area contributed by atoms with Crippen molar-refractivity contribution < 1.29 is 9.90 Å². The molecule has 4 heteroatoms. The molecule has 1 aliphatic rings. The summed E-state index contributed by atoms with van der Waals surface area (Å²) in [6.07, 6.45) is 4.98. The Morgan fingerprint density at radius 1 is 1.38 bits per heavy atom. The summed E-state index contributed by atoms with van der Waals surface area (Å²) in [7, 11) is 0. The Balaban J connectivity index is 2.28. The van der Waals surface area contributed by atoms with Crippen LogP contribution in [0, 0.1) is 11.8 Å². The maximum absolute atomic E-state index is 12.2. The van der Waals surface area contributed by atoms with Crippen molar-refractivity contribution in [1.82, 2.24) is 10.2 Å². The fourth-order valence-corrected chi connectivity index (χ4v) is 2.59. The minimum absolute atomic E-state index is 0.132. The molecule has 0 aromatic heterocycles. The molecule has 1 heterocycles. The highest BCUT2D eigenvalue weighted by atomic mass is 16.3. The summed E-state index contributed by atoms with van der Waals surface area (Å²) < 4.78 is 0. The van der Waals surface area contributed by atoms with Crippen molar-refractivity contribution in [2.24, 2.45) is 11.8 Å². The molecular formula is C17H32N2O2. The van der Waals surface area contributed by atoms with E-state index < -0.39 is 0 Å². The second-order valence-corrected chi connectivity index (χ2v) is 6.64. The average molecular weight is 296 g/mol. The van der Waals surface area contributed by atoms with Gasteiger partial charge in [0.1, 0.15) is 0 Å². The highest BCUT2D eigenvalue weighted by molar-refractivity contribution is 5.79. The number of aliphatic hydroxyl groups excluding tert-OH is 1. The van der Waals surface area contributed by atoms with Crippen LogP contribution in [0.3, 0.4) is 0 Å². The number of aliphatic hydroxyl groups is 1. The topological polar surface area (TPSA) is 52.6 Å². The third-order valence-electron chi connectivity index (χ3n) is 4.50. The zero-order valence-electron chi connectivity index (χ0n) is 13.8. The van der Waals surface area contributed by atoms with E-state index in [2.05, 4.69) is 37.6 Å². The van der Waals surface area contributed by atoms with Crippen LogP contribution in [0.1, 0.15) is 46.5 Å². The number of carbonyl (C=O) groups is 1. The first-order valence-corrected chi connectivity index (χ1v) is 8.25. The molecule has 0 spiro atoms. The molecule has 1 aliphatic heterocycles. The van der Waals surface area contributed by atoms with E-state index in [1.54, 1.807) is 0 Å². The molecule has 4 nitrogen and oxygen atoms in total. The van der Waals surface area contributed by atoms with Gasteiger partial charge in [-0.2, -0.15) is 0 Å². The molecule has 1 saturated heterocycles. The number of rotatable bonds is 8. The van der Waals surface area contributed by atoms with Gasteiger partial charge in [0.05, 0.1) is 6.10 Å². The predicted molar refractivity (Wildman–Crippen MR) is 87.0 cm³/mol. The van der Waals surface area contributed by atoms with Crippen molar-refractivity contribution in [2.75, 3.05) is 19.6 Å². The zero-order chi connectivity index (χ0) is 15.8. The second kappa shape index (κ2) is 9.21. The molecule has 1 fully saturated rings. The minimum atomic E-state index is -0.283. The Bertz CT molecular complexity index is 323. The van der Waals surface area contributed by atoms with Crippen LogP contribution >= 0.6 is 0 Å². The Morgan fingerprint density at radius 2 is 2.00 bits per heavy atom. The summed E-state index contributed by atoms with van der Waals surface area (Å²) >= 11 is 0. The van der Waals surface area contributed by atoms with Crippen LogP contribution in [-0.2, 0) is 4.79 Å². The molecule has 1 amide bonds. The number of piperidine rings is 1. The van der Waals surface area contributed by atoms with Gasteiger partial charge < -0.3 is 15.3 Å². The van der Waals surface area contributed by atoms with Crippen molar-refractivity contribution in [3.8, 4) is 0 Å². The van der Waals surface area contributed by atoms with E-state index in [-0.39, 0.29) is 24.0 Å². The summed E-state index contributed by atoms with van der Waals surface area (Å²) in [5, 5.41) is 13.0. The van der Waals surface area contributed by atoms with Crippen molar-refractivity contribution in [1.29, 1.82) is 0 Å². The SMILES string of the molecule is C=CCCC(O)CN1CCC(C(=O)NC(C)C(C)C)CC1. The van der Waals surface area contributed by atoms with Crippen LogP contribution < -0.4 is 5.32 Å². The zero-order valence-corrected chi connectivity index (χ0v) is 13.8. The Kier molecular flexibility index (Phi) is 7.97. The molecule has 0 saturated carbocycles. The minimum Gasteiger partial charge on any atom is -0.392 e. The van der Waals surface area contributed by atoms with E-state index in [0.717, 1.165) is 38.8 Å². The van der Waals surface area contributed by atoms with E-state index >= 15 is 0 Å². The molecule has 0 aliphatic carbocycles. The first-order valence-electron chi connectivity index (χ1n) is 8.25. The molecule has 0 aromatic rings. The maximum Gasteiger partial charge on any atom is 0.223 e. The molecule has 122 valence electrons. The Morgan fingerprint density at radius 3 is 2.52 bits per heavy atom. The van der Waals surface area contributed by atoms with Crippen LogP contribution in [0.5, 0.6) is 0 Å². The van der Waals surface area contributed by atoms with Crippen molar-refractivity contribution in [3.05, 3.63) is 12.7 Å². The van der Waals surface area contributed by atoms with Gasteiger partial charge in [0.2, 0.25) is 5.91 Å². The highest BCUT2D eigenvalue weighted by Crippen LogP contribution is 2.18. The van der Waals surface area contributed by atoms with Crippen LogP contribution in [0.25, 0.3) is 0 Å². The van der Waals surface area contributed by atoms with Crippen LogP contribution in [0.2, 0.25) is 0 Å². The third kappa shape index (κ3) is 6.62. The first-order chi connectivity index (χ1) is 9.93. The maximum atomic E-state index is 12.2. The van der Waals surface area contributed by atoms with Crippen molar-refractivity contribution in [3.63, 3.8) is 0 Å². The molecule has 2 unspecified atom stereocenters. The number of nitrogens with one attached hydrogen (secondary N) is 1. The van der Waals surface area contributed by atoms with E-state index in [1.807, 2.05) is 6.08 Å². The lowest BCUT2D eigenvalue weighted by Crippen LogP contribution is -2.45. The van der Waals surface area contributed by atoms with Gasteiger partial charge in [-0.1, -0.05) is 19.9 Å². The largest absolute Gasteiger partial charge is 0.392 e. The standard InChI is InChI=1S/C17H32N2O2/c1-5-6-7-16(20)12-19-10-8-15(9-11-19)17(21)18-14(4)13(2)3/h5,13-16,20H,1,6-12H2,2-4H3,(H,18,21). The number of amides is 1. The highest BCUT2D eigenvalue weighted by Gasteiger charge is 2.26. The molecular weight excluding hydrogens is 264 g/mol. The Hall–Kier alpha value is -0.870. The van der Waals surface area contributed by atoms with Crippen LogP contribution in [0.15, 0.2) is 12.7 Å². The molecule has 0 bridgehead atoms. The number of hydrogen-bond acceptors (Lipinski definition) is 3. The molecule has 2 atom stereocenters. The Labute approximate surface area is 129 Å². The van der Waals surface area contributed by atoms with E-state index in [4.69, 9.17) is 0 Å². The van der Waals surface area contributed by atoms with Crippen LogP contribution in [0.4, 0.5) is 0 Å². The molecule has 1 rings (SSSR count). The summed E-state index contributed by atoms with van der Waals surface area (Å²) in [5.74, 6) is 0.796. The predicted octanol–water partition coefficient (Wildman–Crippen LogP) is 2.19. The van der Waals surface area contributed by atoms with Gasteiger partial charge in [-0.15, -0.1) is 6.58 Å². The molecule has 0 radical (unpaired) electrons. The van der Waals surface area contributed by atoms with Gasteiger partial charge in [0, 0.05) is 18.5 Å². The van der Waals surface area contributed by atoms with Gasteiger partial charge in [0.25, 0.3) is 0 Å². The lowest BCUT2D eigenvalue weighted by atomic mass is 9.94. The fourth-order valence-electron chi connectivity index (χ4n) is 2.59. The summed E-state index contributed by atoms with van der Waals surface area (Å²) in [5.41, 5.74) is 0. The molecule has 2 N–H and O–H groups in total. The van der Waals surface area contributed by atoms with Gasteiger partial charge in [0.15, 0.2) is 0 Å². The number of allylic oxidation sites excluding steroid dienone is 1. The quantitative estimate of drug-likeness (QED) is 0.675. The first kappa shape index (κ1) is 18.2. The van der Waals surface area contributed by atoms with Gasteiger partial charge in [-0.25, -0.2) is 0 Å². The van der Waals surface area contributed by atoms with Gasteiger partial charge >= 0.3 is 0 Å². The number of carbonyl (C=O) groups excluding carboxylic acids is 1. The molecule has 0 aromatic carbocycles. The third-order valence-corrected chi connectivity index (χ3v) is 4.50. The summed E-state index contributed by atoms with van der Waals surface area (Å²) in [6, 6.07) is 0.233. The normalized spacial score (nSPS) is 20.2. The second-order valence-electron chi connectivity index (χ2n) is 6.64. The van der Waals surface area contributed by atoms with Crippen molar-refractivity contribution in [2.45, 2.75) is 58.6 Å². The fraction of sp³-hybridized carbons (Fsp3) is 0.824. The monoisotopic (exact) mass is 296 g/mol. The van der Waals surface area contributed by atoms with Gasteiger partial charge in [-0.3, -0.25) is 4.79 Å². The number of hydrogen-bond donors (Lipinski definition) is 2. The number of nitrogens with zero attached hydrogens (tertiary/aromatic N) is 1. The van der Waals surface area contributed by atoms with Gasteiger partial charge in [-0.05, 0) is 51.6 Å². The number of likely N-dealkylation sites (tertiary alicyclic amines) is 1. The average Bonchev–Trinajstić information content (AvgIpc) is 2.45. The molecule has 21 heavy (non-hydrogen) atoms. The van der Waals surface area contributed by atoms with E-state index in [1.165, 1.54) is 0 Å².